The van der Waals surface area contributed by atoms with Gasteiger partial charge in [0.05, 0.1) is 6.10 Å². The maximum Gasteiger partial charge on any atom is 0.0543 e. The molecule has 80 valence electrons. The first-order valence-corrected chi connectivity index (χ1v) is 5.34. The molecule has 2 nitrogen and oxygen atoms in total. The van der Waals surface area contributed by atoms with E-state index in [1.165, 1.54) is 6.42 Å². The highest BCUT2D eigenvalue weighted by atomic mass is 16.5. The second-order valence-corrected chi connectivity index (χ2v) is 4.35. The fourth-order valence-electron chi connectivity index (χ4n) is 1.26. The molecule has 2 heteroatoms. The van der Waals surface area contributed by atoms with E-state index in [0.29, 0.717) is 12.1 Å². The molecule has 0 radical (unpaired) electrons. The van der Waals surface area contributed by atoms with Crippen molar-refractivity contribution in [2.45, 2.75) is 58.6 Å². The van der Waals surface area contributed by atoms with Crippen LogP contribution in [0.5, 0.6) is 0 Å². The summed E-state index contributed by atoms with van der Waals surface area (Å²) in [4.78, 5) is 0. The standard InChI is InChI=1S/C11H25NO/c1-9(2)5-7-11(12)8-6-10(3)13-4/h9-11H,5-8,12H2,1-4H3. The van der Waals surface area contributed by atoms with Crippen LogP contribution in [0.3, 0.4) is 0 Å². The van der Waals surface area contributed by atoms with Gasteiger partial charge in [0.1, 0.15) is 0 Å². The second-order valence-electron chi connectivity index (χ2n) is 4.35. The highest BCUT2D eigenvalue weighted by Gasteiger charge is 2.06. The molecule has 0 saturated heterocycles. The van der Waals surface area contributed by atoms with E-state index in [9.17, 15) is 0 Å². The maximum absolute atomic E-state index is 5.97. The number of ether oxygens (including phenoxy) is 1. The minimum Gasteiger partial charge on any atom is -0.382 e. The van der Waals surface area contributed by atoms with Gasteiger partial charge in [-0.15, -0.1) is 0 Å². The zero-order chi connectivity index (χ0) is 10.3. The lowest BCUT2D eigenvalue weighted by Crippen LogP contribution is -2.22. The number of nitrogens with two attached hydrogens (primary N) is 1. The van der Waals surface area contributed by atoms with Crippen LogP contribution in [-0.4, -0.2) is 19.3 Å². The summed E-state index contributed by atoms with van der Waals surface area (Å²) < 4.78 is 5.17. The summed E-state index contributed by atoms with van der Waals surface area (Å²) >= 11 is 0. The molecule has 0 heterocycles. The van der Waals surface area contributed by atoms with E-state index in [1.807, 2.05) is 0 Å². The van der Waals surface area contributed by atoms with Gasteiger partial charge in [-0.2, -0.15) is 0 Å². The van der Waals surface area contributed by atoms with Gasteiger partial charge in [-0.05, 0) is 38.5 Å². The van der Waals surface area contributed by atoms with Crippen molar-refractivity contribution in [3.63, 3.8) is 0 Å². The Morgan fingerprint density at radius 2 is 1.54 bits per heavy atom. The molecule has 0 saturated carbocycles. The largest absolute Gasteiger partial charge is 0.382 e. The van der Waals surface area contributed by atoms with Gasteiger partial charge in [0, 0.05) is 13.2 Å². The summed E-state index contributed by atoms with van der Waals surface area (Å²) in [5, 5.41) is 0. The molecule has 0 aliphatic rings. The molecule has 0 aromatic heterocycles. The fourth-order valence-corrected chi connectivity index (χ4v) is 1.26. The van der Waals surface area contributed by atoms with Crippen LogP contribution in [0.15, 0.2) is 0 Å². The smallest absolute Gasteiger partial charge is 0.0543 e. The molecular formula is C11H25NO. The Bertz CT molecular complexity index is 115. The van der Waals surface area contributed by atoms with Crippen LogP contribution < -0.4 is 5.73 Å². The van der Waals surface area contributed by atoms with Gasteiger partial charge < -0.3 is 10.5 Å². The third kappa shape index (κ3) is 8.26. The van der Waals surface area contributed by atoms with Gasteiger partial charge in [-0.1, -0.05) is 13.8 Å². The molecule has 2 atom stereocenters. The van der Waals surface area contributed by atoms with Gasteiger partial charge in [0.2, 0.25) is 0 Å². The molecule has 2 N–H and O–H groups in total. The average Bonchev–Trinajstić information content (AvgIpc) is 2.10. The van der Waals surface area contributed by atoms with Crippen molar-refractivity contribution in [3.05, 3.63) is 0 Å². The molecular weight excluding hydrogens is 162 g/mol. The van der Waals surface area contributed by atoms with E-state index in [0.717, 1.165) is 25.2 Å². The summed E-state index contributed by atoms with van der Waals surface area (Å²) in [6.07, 6.45) is 4.90. The Balaban J connectivity index is 3.34. The summed E-state index contributed by atoms with van der Waals surface area (Å²) in [6.45, 7) is 6.57. The maximum atomic E-state index is 5.97. The van der Waals surface area contributed by atoms with Crippen LogP contribution >= 0.6 is 0 Å². The highest BCUT2D eigenvalue weighted by Crippen LogP contribution is 2.10. The molecule has 0 amide bonds. The van der Waals surface area contributed by atoms with Gasteiger partial charge in [-0.3, -0.25) is 0 Å². The Labute approximate surface area is 82.8 Å². The summed E-state index contributed by atoms with van der Waals surface area (Å²) in [6, 6.07) is 0.361. The molecule has 0 aromatic rings. The van der Waals surface area contributed by atoms with Gasteiger partial charge in [0.25, 0.3) is 0 Å². The lowest BCUT2D eigenvalue weighted by molar-refractivity contribution is 0.107. The van der Waals surface area contributed by atoms with Gasteiger partial charge in [-0.25, -0.2) is 0 Å². The minimum absolute atomic E-state index is 0.352. The fraction of sp³-hybridized carbons (Fsp3) is 1.00. The first kappa shape index (κ1) is 12.9. The van der Waals surface area contributed by atoms with E-state index in [-0.39, 0.29) is 0 Å². The van der Waals surface area contributed by atoms with Crippen LogP contribution in [0, 0.1) is 5.92 Å². The Morgan fingerprint density at radius 3 is 2.00 bits per heavy atom. The predicted molar refractivity (Wildman–Crippen MR) is 57.8 cm³/mol. The van der Waals surface area contributed by atoms with E-state index >= 15 is 0 Å². The zero-order valence-electron chi connectivity index (χ0n) is 9.55. The number of rotatable bonds is 7. The van der Waals surface area contributed by atoms with Crippen molar-refractivity contribution >= 4 is 0 Å². The van der Waals surface area contributed by atoms with E-state index in [4.69, 9.17) is 10.5 Å². The average molecular weight is 187 g/mol. The van der Waals surface area contributed by atoms with E-state index < -0.39 is 0 Å². The first-order valence-electron chi connectivity index (χ1n) is 5.34. The third-order valence-corrected chi connectivity index (χ3v) is 2.46. The quantitative estimate of drug-likeness (QED) is 0.665. The van der Waals surface area contributed by atoms with Crippen molar-refractivity contribution < 1.29 is 4.74 Å². The normalized spacial score (nSPS) is 16.2. The van der Waals surface area contributed by atoms with Crippen molar-refractivity contribution in [2.75, 3.05) is 7.11 Å². The molecule has 0 aliphatic carbocycles. The molecule has 0 fully saturated rings. The zero-order valence-corrected chi connectivity index (χ0v) is 9.55. The second kappa shape index (κ2) is 7.34. The van der Waals surface area contributed by atoms with E-state index in [1.54, 1.807) is 7.11 Å². The molecule has 0 aliphatic heterocycles. The first-order chi connectivity index (χ1) is 6.06. The van der Waals surface area contributed by atoms with Crippen LogP contribution in [-0.2, 0) is 4.74 Å². The summed E-state index contributed by atoms with van der Waals surface area (Å²) in [5.74, 6) is 0.769. The molecule has 0 spiro atoms. The van der Waals surface area contributed by atoms with Crippen LogP contribution in [0.1, 0.15) is 46.5 Å². The van der Waals surface area contributed by atoms with Gasteiger partial charge in [0.15, 0.2) is 0 Å². The van der Waals surface area contributed by atoms with Crippen molar-refractivity contribution in [2.24, 2.45) is 11.7 Å². The molecule has 0 rings (SSSR count). The number of methoxy groups -OCH3 is 1. The lowest BCUT2D eigenvalue weighted by atomic mass is 10.00. The molecule has 0 aromatic carbocycles. The van der Waals surface area contributed by atoms with E-state index in [2.05, 4.69) is 20.8 Å². The van der Waals surface area contributed by atoms with Crippen molar-refractivity contribution in [1.29, 1.82) is 0 Å². The highest BCUT2D eigenvalue weighted by molar-refractivity contribution is 4.64. The number of hydrogen-bond acceptors (Lipinski definition) is 2. The summed E-state index contributed by atoms with van der Waals surface area (Å²) in [7, 11) is 1.75. The van der Waals surface area contributed by atoms with Crippen LogP contribution in [0.2, 0.25) is 0 Å². The topological polar surface area (TPSA) is 35.2 Å². The molecule has 13 heavy (non-hydrogen) atoms. The van der Waals surface area contributed by atoms with Gasteiger partial charge >= 0.3 is 0 Å². The van der Waals surface area contributed by atoms with Crippen LogP contribution in [0.4, 0.5) is 0 Å². The SMILES string of the molecule is COC(C)CCC(N)CCC(C)C. The van der Waals surface area contributed by atoms with Crippen LogP contribution in [0.25, 0.3) is 0 Å². The van der Waals surface area contributed by atoms with Crippen molar-refractivity contribution in [1.82, 2.24) is 0 Å². The minimum atomic E-state index is 0.352. The lowest BCUT2D eigenvalue weighted by Gasteiger charge is -2.15. The molecule has 0 bridgehead atoms. The van der Waals surface area contributed by atoms with Crippen molar-refractivity contribution in [3.8, 4) is 0 Å². The number of hydrogen-bond donors (Lipinski definition) is 1. The Kier molecular flexibility index (Phi) is 7.29. The Hall–Kier alpha value is -0.0800. The third-order valence-electron chi connectivity index (χ3n) is 2.46. The Morgan fingerprint density at radius 1 is 1.00 bits per heavy atom. The molecule has 2 unspecified atom stereocenters. The predicted octanol–water partition coefficient (Wildman–Crippen LogP) is 2.57. The summed E-state index contributed by atoms with van der Waals surface area (Å²) in [5.41, 5.74) is 5.97. The monoisotopic (exact) mass is 187 g/mol.